The van der Waals surface area contributed by atoms with Gasteiger partial charge in [0.2, 0.25) is 5.90 Å². The number of hydrogen-bond acceptors (Lipinski definition) is 2. The quantitative estimate of drug-likeness (QED) is 0.721. The molecule has 1 aliphatic rings. The number of rotatable bonds is 1. The smallest absolute Gasteiger partial charge is 0.216 e. The topological polar surface area (TPSA) is 21.6 Å². The van der Waals surface area contributed by atoms with Crippen LogP contribution >= 0.6 is 35.0 Å². The molecule has 1 aliphatic heterocycles. The minimum atomic E-state index is -0.0728. The molecule has 0 bridgehead atoms. The van der Waals surface area contributed by atoms with Crippen LogP contribution in [-0.2, 0) is 4.74 Å². The second-order valence-corrected chi connectivity index (χ2v) is 5.27. The van der Waals surface area contributed by atoms with Crippen LogP contribution in [0.2, 0.25) is 0 Å². The fourth-order valence-corrected chi connectivity index (χ4v) is 1.90. The summed E-state index contributed by atoms with van der Waals surface area (Å²) in [5.74, 6) is 0.772. The van der Waals surface area contributed by atoms with E-state index in [0.717, 1.165) is 11.5 Å². The van der Waals surface area contributed by atoms with E-state index >= 15 is 0 Å². The third kappa shape index (κ3) is 3.08. The summed E-state index contributed by atoms with van der Waals surface area (Å²) in [4.78, 5) is 4.52. The average Bonchev–Trinajstić information content (AvgIpc) is 2.46. The highest BCUT2D eigenvalue weighted by Gasteiger charge is 2.26. The first-order valence-electron chi connectivity index (χ1n) is 4.55. The first kappa shape index (κ1) is 12.8. The highest BCUT2D eigenvalue weighted by molar-refractivity contribution is 14.1. The minimum Gasteiger partial charge on any atom is -0.475 e. The van der Waals surface area contributed by atoms with Crippen molar-refractivity contribution >= 4 is 40.9 Å². The molecule has 4 heteroatoms. The van der Waals surface area contributed by atoms with Gasteiger partial charge < -0.3 is 4.74 Å². The average molecular weight is 338 g/mol. The van der Waals surface area contributed by atoms with E-state index in [-0.39, 0.29) is 17.9 Å². The lowest BCUT2D eigenvalue weighted by Crippen LogP contribution is -2.17. The minimum absolute atomic E-state index is 0. The first-order valence-corrected chi connectivity index (χ1v) is 5.63. The zero-order chi connectivity index (χ0) is 10.2. The molecule has 0 radical (unpaired) electrons. The van der Waals surface area contributed by atoms with Gasteiger partial charge in [-0.2, -0.15) is 0 Å². The molecular formula is C11H13ClINO. The summed E-state index contributed by atoms with van der Waals surface area (Å²) in [7, 11) is 0. The van der Waals surface area contributed by atoms with Gasteiger partial charge >= 0.3 is 0 Å². The molecule has 0 saturated heterocycles. The molecule has 0 unspecified atom stereocenters. The fraction of sp³-hybridized carbons (Fsp3) is 0.364. The highest BCUT2D eigenvalue weighted by Crippen LogP contribution is 2.21. The number of halogens is 2. The molecule has 0 N–H and O–H groups in total. The van der Waals surface area contributed by atoms with Crippen LogP contribution in [0, 0.1) is 3.57 Å². The lowest BCUT2D eigenvalue weighted by Gasteiger charge is -2.07. The van der Waals surface area contributed by atoms with Crippen LogP contribution in [0.1, 0.15) is 19.4 Å². The van der Waals surface area contributed by atoms with Crippen molar-refractivity contribution < 1.29 is 4.74 Å². The third-order valence-corrected chi connectivity index (χ3v) is 2.71. The van der Waals surface area contributed by atoms with Crippen molar-refractivity contribution in [1.82, 2.24) is 0 Å². The molecule has 0 fully saturated rings. The molecule has 0 atom stereocenters. The number of benzene rings is 1. The van der Waals surface area contributed by atoms with E-state index in [0.29, 0.717) is 6.61 Å². The third-order valence-electron chi connectivity index (χ3n) is 2.04. The molecule has 82 valence electrons. The number of aliphatic imine (C=N–C) groups is 1. The molecular weight excluding hydrogens is 324 g/mol. The van der Waals surface area contributed by atoms with Gasteiger partial charge in [0.25, 0.3) is 0 Å². The Morgan fingerprint density at radius 1 is 1.40 bits per heavy atom. The normalized spacial score (nSPS) is 17.7. The van der Waals surface area contributed by atoms with Crippen molar-refractivity contribution in [1.29, 1.82) is 0 Å². The summed E-state index contributed by atoms with van der Waals surface area (Å²) >= 11 is 2.29. The van der Waals surface area contributed by atoms with E-state index in [9.17, 15) is 0 Å². The molecule has 0 spiro atoms. The van der Waals surface area contributed by atoms with Crippen LogP contribution in [0.3, 0.4) is 0 Å². The molecule has 2 nitrogen and oxygen atoms in total. The Hall–Kier alpha value is -0.290. The van der Waals surface area contributed by atoms with Gasteiger partial charge in [0.05, 0.1) is 5.54 Å². The van der Waals surface area contributed by atoms with Crippen molar-refractivity contribution in [3.8, 4) is 0 Å². The molecule has 0 aromatic heterocycles. The second-order valence-electron chi connectivity index (χ2n) is 4.03. The molecule has 15 heavy (non-hydrogen) atoms. The van der Waals surface area contributed by atoms with E-state index in [1.165, 1.54) is 3.57 Å². The maximum absolute atomic E-state index is 5.56. The Kier molecular flexibility index (Phi) is 4.00. The van der Waals surface area contributed by atoms with E-state index in [2.05, 4.69) is 53.6 Å². The maximum Gasteiger partial charge on any atom is 0.216 e. The van der Waals surface area contributed by atoms with Crippen LogP contribution in [-0.4, -0.2) is 18.0 Å². The van der Waals surface area contributed by atoms with Gasteiger partial charge in [0.15, 0.2) is 0 Å². The summed E-state index contributed by atoms with van der Waals surface area (Å²) in [6.45, 7) is 4.83. The van der Waals surface area contributed by atoms with Gasteiger partial charge in [-0.15, -0.1) is 12.4 Å². The first-order chi connectivity index (χ1) is 6.57. The van der Waals surface area contributed by atoms with Gasteiger partial charge in [0.1, 0.15) is 6.61 Å². The molecule has 1 aromatic carbocycles. The van der Waals surface area contributed by atoms with Crippen molar-refractivity contribution in [2.45, 2.75) is 19.4 Å². The van der Waals surface area contributed by atoms with E-state index < -0.39 is 0 Å². The van der Waals surface area contributed by atoms with Crippen molar-refractivity contribution in [2.24, 2.45) is 4.99 Å². The lowest BCUT2D eigenvalue weighted by molar-refractivity contribution is 0.279. The van der Waals surface area contributed by atoms with Crippen molar-refractivity contribution in [2.75, 3.05) is 6.61 Å². The Morgan fingerprint density at radius 2 is 2.13 bits per heavy atom. The monoisotopic (exact) mass is 337 g/mol. The van der Waals surface area contributed by atoms with Gasteiger partial charge in [-0.25, -0.2) is 4.99 Å². The Balaban J connectivity index is 0.00000112. The predicted molar refractivity (Wildman–Crippen MR) is 73.0 cm³/mol. The molecule has 0 saturated carbocycles. The van der Waals surface area contributed by atoms with E-state index in [1.807, 2.05) is 12.1 Å². The highest BCUT2D eigenvalue weighted by atomic mass is 127. The molecule has 1 heterocycles. The standard InChI is InChI=1S/C11H12INO.ClH/c1-11(2)7-14-10(13-11)8-4-3-5-9(12)6-8;/h3-6H,7H2,1-2H3;1H. The number of ether oxygens (including phenoxy) is 1. The Labute approximate surface area is 110 Å². The molecule has 0 aliphatic carbocycles. The van der Waals surface area contributed by atoms with E-state index in [4.69, 9.17) is 4.74 Å². The van der Waals surface area contributed by atoms with Crippen molar-refractivity contribution in [3.05, 3.63) is 33.4 Å². The maximum atomic E-state index is 5.56. The zero-order valence-corrected chi connectivity index (χ0v) is 11.6. The predicted octanol–water partition coefficient (Wildman–Crippen LogP) is 3.27. The van der Waals surface area contributed by atoms with Gasteiger partial charge in [-0.1, -0.05) is 6.07 Å². The summed E-state index contributed by atoms with van der Waals surface area (Å²) in [5, 5.41) is 0. The molecule has 1 aromatic rings. The van der Waals surface area contributed by atoms with Crippen LogP contribution in [0.15, 0.2) is 29.3 Å². The Bertz CT molecular complexity index is 390. The number of nitrogens with zero attached hydrogens (tertiary/aromatic N) is 1. The van der Waals surface area contributed by atoms with Crippen LogP contribution < -0.4 is 0 Å². The van der Waals surface area contributed by atoms with Crippen LogP contribution in [0.4, 0.5) is 0 Å². The fourth-order valence-electron chi connectivity index (χ4n) is 1.35. The van der Waals surface area contributed by atoms with Crippen LogP contribution in [0.5, 0.6) is 0 Å². The number of hydrogen-bond donors (Lipinski definition) is 0. The summed E-state index contributed by atoms with van der Waals surface area (Å²) in [6, 6.07) is 8.20. The zero-order valence-electron chi connectivity index (χ0n) is 8.66. The van der Waals surface area contributed by atoms with Gasteiger partial charge in [0, 0.05) is 9.13 Å². The largest absolute Gasteiger partial charge is 0.475 e. The van der Waals surface area contributed by atoms with Crippen molar-refractivity contribution in [3.63, 3.8) is 0 Å². The van der Waals surface area contributed by atoms with Gasteiger partial charge in [-0.05, 0) is 54.6 Å². The lowest BCUT2D eigenvalue weighted by atomic mass is 10.1. The molecule has 2 rings (SSSR count). The second kappa shape index (κ2) is 4.70. The Morgan fingerprint density at radius 3 is 2.67 bits per heavy atom. The summed E-state index contributed by atoms with van der Waals surface area (Å²) in [5.41, 5.74) is 0.999. The SMILES string of the molecule is CC1(C)COC(c2cccc(I)c2)=N1.Cl. The molecule has 0 amide bonds. The van der Waals surface area contributed by atoms with Crippen LogP contribution in [0.25, 0.3) is 0 Å². The van der Waals surface area contributed by atoms with E-state index in [1.54, 1.807) is 0 Å². The summed E-state index contributed by atoms with van der Waals surface area (Å²) in [6.07, 6.45) is 0. The summed E-state index contributed by atoms with van der Waals surface area (Å²) < 4.78 is 6.76. The van der Waals surface area contributed by atoms with Gasteiger partial charge in [-0.3, -0.25) is 0 Å².